The van der Waals surface area contributed by atoms with Crippen LogP contribution in [0.1, 0.15) is 22.6 Å². The highest BCUT2D eigenvalue weighted by molar-refractivity contribution is 6.28. The summed E-state index contributed by atoms with van der Waals surface area (Å²) in [5.41, 5.74) is 3.69. The number of rotatable bonds is 2. The van der Waals surface area contributed by atoms with E-state index in [1.165, 1.54) is 11.1 Å². The topological polar surface area (TPSA) is 38.9 Å². The molecule has 0 radical (unpaired) electrons. The molecule has 1 heterocycles. The highest BCUT2D eigenvalue weighted by Gasteiger charge is 2.05. The lowest BCUT2D eigenvalue weighted by molar-refractivity contribution is 0.384. The summed E-state index contributed by atoms with van der Waals surface area (Å²) in [6.07, 6.45) is 0.626. The number of aromatic nitrogens is 2. The Morgan fingerprint density at radius 1 is 1.27 bits per heavy atom. The van der Waals surface area contributed by atoms with Gasteiger partial charge < -0.3 is 4.52 Å². The molecule has 0 bridgehead atoms. The van der Waals surface area contributed by atoms with Crippen LogP contribution >= 0.6 is 11.6 Å². The Balaban J connectivity index is 2.21. The van der Waals surface area contributed by atoms with Crippen molar-refractivity contribution in [2.75, 3.05) is 0 Å². The van der Waals surface area contributed by atoms with E-state index in [9.17, 15) is 0 Å². The van der Waals surface area contributed by atoms with Gasteiger partial charge in [0.25, 0.3) is 5.28 Å². The lowest BCUT2D eigenvalue weighted by atomic mass is 10.0. The molecule has 0 saturated carbocycles. The average Bonchev–Trinajstić information content (AvgIpc) is 2.58. The first-order valence-corrected chi connectivity index (χ1v) is 5.07. The zero-order valence-corrected chi connectivity index (χ0v) is 9.38. The van der Waals surface area contributed by atoms with Crippen molar-refractivity contribution in [3.63, 3.8) is 0 Å². The predicted octanol–water partition coefficient (Wildman–Crippen LogP) is 2.93. The summed E-state index contributed by atoms with van der Waals surface area (Å²) < 4.78 is 4.95. The van der Waals surface area contributed by atoms with Gasteiger partial charge in [0.1, 0.15) is 0 Å². The first kappa shape index (κ1) is 10.2. The summed E-state index contributed by atoms with van der Waals surface area (Å²) >= 11 is 5.57. The van der Waals surface area contributed by atoms with Gasteiger partial charge in [0, 0.05) is 0 Å². The van der Waals surface area contributed by atoms with E-state index in [-0.39, 0.29) is 5.28 Å². The van der Waals surface area contributed by atoms with Crippen molar-refractivity contribution < 1.29 is 4.52 Å². The molecule has 0 fully saturated rings. The third-order valence-corrected chi connectivity index (χ3v) is 2.52. The van der Waals surface area contributed by atoms with E-state index in [1.54, 1.807) is 0 Å². The van der Waals surface area contributed by atoms with Crippen molar-refractivity contribution in [3.8, 4) is 0 Å². The molecular weight excluding hydrogens is 212 g/mol. The van der Waals surface area contributed by atoms with Crippen LogP contribution in [-0.4, -0.2) is 10.1 Å². The SMILES string of the molecule is Cc1ccc(Cc2nc(Cl)no2)cc1C. The second-order valence-corrected chi connectivity index (χ2v) is 3.89. The largest absolute Gasteiger partial charge is 0.338 e. The van der Waals surface area contributed by atoms with E-state index >= 15 is 0 Å². The van der Waals surface area contributed by atoms with Crippen LogP contribution in [0.15, 0.2) is 22.7 Å². The van der Waals surface area contributed by atoms with Crippen molar-refractivity contribution in [3.05, 3.63) is 46.1 Å². The van der Waals surface area contributed by atoms with Crippen LogP contribution in [0.5, 0.6) is 0 Å². The maximum atomic E-state index is 5.57. The Morgan fingerprint density at radius 3 is 2.67 bits per heavy atom. The first-order valence-electron chi connectivity index (χ1n) is 4.69. The lowest BCUT2D eigenvalue weighted by Gasteiger charge is -2.02. The van der Waals surface area contributed by atoms with Crippen molar-refractivity contribution >= 4 is 11.6 Å². The maximum Gasteiger partial charge on any atom is 0.263 e. The molecule has 0 N–H and O–H groups in total. The lowest BCUT2D eigenvalue weighted by Crippen LogP contribution is -1.90. The Hall–Kier alpha value is -1.35. The van der Waals surface area contributed by atoms with Crippen LogP contribution in [0.2, 0.25) is 5.28 Å². The molecule has 3 nitrogen and oxygen atoms in total. The second-order valence-electron chi connectivity index (χ2n) is 3.55. The Kier molecular flexibility index (Phi) is 2.73. The summed E-state index contributed by atoms with van der Waals surface area (Å²) in [4.78, 5) is 3.95. The molecule has 0 aliphatic heterocycles. The normalized spacial score (nSPS) is 10.6. The number of benzene rings is 1. The van der Waals surface area contributed by atoms with Crippen molar-refractivity contribution in [1.82, 2.24) is 10.1 Å². The number of nitrogens with zero attached hydrogens (tertiary/aromatic N) is 2. The molecule has 0 aliphatic rings. The first-order chi connectivity index (χ1) is 7.15. The number of aryl methyl sites for hydroxylation is 2. The molecule has 1 aromatic heterocycles. The smallest absolute Gasteiger partial charge is 0.263 e. The quantitative estimate of drug-likeness (QED) is 0.784. The summed E-state index contributed by atoms with van der Waals surface area (Å²) in [6, 6.07) is 6.26. The molecule has 0 unspecified atom stereocenters. The molecule has 1 aromatic carbocycles. The van der Waals surface area contributed by atoms with Crippen LogP contribution < -0.4 is 0 Å². The third kappa shape index (κ3) is 2.36. The van der Waals surface area contributed by atoms with Gasteiger partial charge in [-0.15, -0.1) is 0 Å². The van der Waals surface area contributed by atoms with E-state index in [2.05, 4.69) is 42.2 Å². The molecule has 0 spiro atoms. The minimum atomic E-state index is 0.161. The van der Waals surface area contributed by atoms with Crippen molar-refractivity contribution in [1.29, 1.82) is 0 Å². The van der Waals surface area contributed by atoms with E-state index < -0.39 is 0 Å². The predicted molar refractivity (Wildman–Crippen MR) is 58.0 cm³/mol. The van der Waals surface area contributed by atoms with Crippen LogP contribution in [-0.2, 0) is 6.42 Å². The molecule has 0 atom stereocenters. The average molecular weight is 223 g/mol. The van der Waals surface area contributed by atoms with Gasteiger partial charge in [-0.3, -0.25) is 0 Å². The molecule has 78 valence electrons. The zero-order valence-electron chi connectivity index (χ0n) is 8.62. The Morgan fingerprint density at radius 2 is 2.07 bits per heavy atom. The van der Waals surface area contributed by atoms with Gasteiger partial charge in [0.15, 0.2) is 0 Å². The molecule has 0 amide bonds. The van der Waals surface area contributed by atoms with E-state index in [0.717, 1.165) is 5.56 Å². The van der Waals surface area contributed by atoms with Crippen LogP contribution in [0.25, 0.3) is 0 Å². The minimum absolute atomic E-state index is 0.161. The van der Waals surface area contributed by atoms with Gasteiger partial charge in [-0.05, 0) is 47.3 Å². The molecule has 15 heavy (non-hydrogen) atoms. The van der Waals surface area contributed by atoms with Crippen LogP contribution in [0.3, 0.4) is 0 Å². The van der Waals surface area contributed by atoms with Crippen LogP contribution in [0, 0.1) is 13.8 Å². The number of hydrogen-bond acceptors (Lipinski definition) is 3. The molecular formula is C11H11ClN2O. The second kappa shape index (κ2) is 4.03. The molecule has 2 rings (SSSR count). The van der Waals surface area contributed by atoms with E-state index in [1.807, 2.05) is 0 Å². The van der Waals surface area contributed by atoms with Gasteiger partial charge >= 0.3 is 0 Å². The summed E-state index contributed by atoms with van der Waals surface area (Å²) in [5.74, 6) is 0.545. The molecule has 0 saturated heterocycles. The number of hydrogen-bond donors (Lipinski definition) is 0. The highest BCUT2D eigenvalue weighted by Crippen LogP contribution is 2.14. The summed E-state index contributed by atoms with van der Waals surface area (Å²) in [5, 5.41) is 3.69. The Bertz CT molecular complexity index is 479. The third-order valence-electron chi connectivity index (χ3n) is 2.37. The summed E-state index contributed by atoms with van der Waals surface area (Å²) in [7, 11) is 0. The van der Waals surface area contributed by atoms with Crippen molar-refractivity contribution in [2.45, 2.75) is 20.3 Å². The van der Waals surface area contributed by atoms with Crippen LogP contribution in [0.4, 0.5) is 0 Å². The van der Waals surface area contributed by atoms with Gasteiger partial charge in [-0.2, -0.15) is 4.98 Å². The standard InChI is InChI=1S/C11H11ClN2O/c1-7-3-4-9(5-8(7)2)6-10-13-11(12)14-15-10/h3-5H,6H2,1-2H3. The molecule has 2 aromatic rings. The van der Waals surface area contributed by atoms with E-state index in [0.29, 0.717) is 12.3 Å². The van der Waals surface area contributed by atoms with Crippen molar-refractivity contribution in [2.24, 2.45) is 0 Å². The Labute approximate surface area is 93.1 Å². The van der Waals surface area contributed by atoms with Gasteiger partial charge in [0.2, 0.25) is 5.89 Å². The highest BCUT2D eigenvalue weighted by atomic mass is 35.5. The fourth-order valence-electron chi connectivity index (χ4n) is 1.39. The summed E-state index contributed by atoms with van der Waals surface area (Å²) in [6.45, 7) is 4.17. The minimum Gasteiger partial charge on any atom is -0.338 e. The fraction of sp³-hybridized carbons (Fsp3) is 0.273. The maximum absolute atomic E-state index is 5.57. The van der Waals surface area contributed by atoms with E-state index in [4.69, 9.17) is 16.1 Å². The monoisotopic (exact) mass is 222 g/mol. The van der Waals surface area contributed by atoms with Gasteiger partial charge in [-0.1, -0.05) is 18.2 Å². The fourth-order valence-corrected chi connectivity index (χ4v) is 1.52. The zero-order chi connectivity index (χ0) is 10.8. The van der Waals surface area contributed by atoms with Gasteiger partial charge in [-0.25, -0.2) is 0 Å². The number of halogens is 1. The molecule has 4 heteroatoms. The molecule has 0 aliphatic carbocycles. The van der Waals surface area contributed by atoms with Gasteiger partial charge in [0.05, 0.1) is 6.42 Å².